The van der Waals surface area contributed by atoms with Gasteiger partial charge in [-0.15, -0.1) is 0 Å². The molecule has 0 bridgehead atoms. The molecule has 4 nitrogen and oxygen atoms in total. The van der Waals surface area contributed by atoms with Crippen molar-refractivity contribution in [3.8, 4) is 0 Å². The van der Waals surface area contributed by atoms with Gasteiger partial charge in [-0.2, -0.15) is 0 Å². The third-order valence-corrected chi connectivity index (χ3v) is 4.07. The van der Waals surface area contributed by atoms with Crippen molar-refractivity contribution >= 4 is 23.5 Å². The van der Waals surface area contributed by atoms with Crippen LogP contribution in [0.15, 0.2) is 48.5 Å². The Morgan fingerprint density at radius 2 is 1.58 bits per heavy atom. The maximum absolute atomic E-state index is 12.2. The number of carboxylic acids is 1. The second-order valence-electron chi connectivity index (χ2n) is 5.73. The number of carbonyl (C=O) groups excluding carboxylic acids is 1. The molecule has 0 heterocycles. The molecule has 2 aromatic rings. The SMILES string of the molecule is CN(Cc1ccc(C(=O)O)cc1)C(=O)CCCc1ccc(Cl)cc1. The van der Waals surface area contributed by atoms with Crippen molar-refractivity contribution in [1.82, 2.24) is 4.90 Å². The van der Waals surface area contributed by atoms with E-state index in [0.29, 0.717) is 18.0 Å². The quantitative estimate of drug-likeness (QED) is 0.824. The van der Waals surface area contributed by atoms with Crippen LogP contribution in [0.4, 0.5) is 0 Å². The van der Waals surface area contributed by atoms with Crippen LogP contribution in [0.1, 0.15) is 34.3 Å². The number of benzene rings is 2. The molecule has 1 N–H and O–H groups in total. The zero-order valence-corrected chi connectivity index (χ0v) is 14.3. The minimum absolute atomic E-state index is 0.0753. The Bertz CT molecular complexity index is 696. The number of hydrogen-bond acceptors (Lipinski definition) is 2. The van der Waals surface area contributed by atoms with Crippen LogP contribution in [0.2, 0.25) is 5.02 Å². The van der Waals surface area contributed by atoms with Crippen molar-refractivity contribution < 1.29 is 14.7 Å². The molecule has 0 aromatic heterocycles. The largest absolute Gasteiger partial charge is 0.478 e. The molecule has 0 unspecified atom stereocenters. The van der Waals surface area contributed by atoms with E-state index in [-0.39, 0.29) is 11.5 Å². The Labute approximate surface area is 146 Å². The Hall–Kier alpha value is -2.33. The van der Waals surface area contributed by atoms with E-state index in [9.17, 15) is 9.59 Å². The highest BCUT2D eigenvalue weighted by Crippen LogP contribution is 2.13. The second-order valence-corrected chi connectivity index (χ2v) is 6.17. The predicted octanol–water partition coefficient (Wildman–Crippen LogP) is 4.02. The van der Waals surface area contributed by atoms with Gasteiger partial charge in [-0.05, 0) is 48.2 Å². The lowest BCUT2D eigenvalue weighted by atomic mass is 10.1. The number of carboxylic acid groups (broad SMARTS) is 1. The molecule has 0 aliphatic carbocycles. The van der Waals surface area contributed by atoms with Gasteiger partial charge >= 0.3 is 5.97 Å². The van der Waals surface area contributed by atoms with E-state index < -0.39 is 5.97 Å². The summed E-state index contributed by atoms with van der Waals surface area (Å²) >= 11 is 5.85. The van der Waals surface area contributed by atoms with Gasteiger partial charge in [0.15, 0.2) is 0 Å². The van der Waals surface area contributed by atoms with E-state index in [0.717, 1.165) is 18.4 Å². The summed E-state index contributed by atoms with van der Waals surface area (Å²) in [6, 6.07) is 14.2. The molecule has 24 heavy (non-hydrogen) atoms. The van der Waals surface area contributed by atoms with Crippen LogP contribution < -0.4 is 0 Å². The summed E-state index contributed by atoms with van der Waals surface area (Å²) in [6.45, 7) is 0.472. The van der Waals surface area contributed by atoms with Crippen molar-refractivity contribution in [2.45, 2.75) is 25.8 Å². The number of hydrogen-bond donors (Lipinski definition) is 1. The maximum Gasteiger partial charge on any atom is 0.335 e. The monoisotopic (exact) mass is 345 g/mol. The molecule has 0 radical (unpaired) electrons. The van der Waals surface area contributed by atoms with Crippen LogP contribution >= 0.6 is 11.6 Å². The normalized spacial score (nSPS) is 10.4. The average Bonchev–Trinajstić information content (AvgIpc) is 2.57. The van der Waals surface area contributed by atoms with Gasteiger partial charge in [0.05, 0.1) is 5.56 Å². The van der Waals surface area contributed by atoms with Gasteiger partial charge in [-0.1, -0.05) is 35.9 Å². The lowest BCUT2D eigenvalue weighted by molar-refractivity contribution is -0.130. The van der Waals surface area contributed by atoms with Crippen LogP contribution in [0.3, 0.4) is 0 Å². The molecule has 0 spiro atoms. The fourth-order valence-electron chi connectivity index (χ4n) is 2.40. The molecule has 1 amide bonds. The van der Waals surface area contributed by atoms with Crippen molar-refractivity contribution in [3.05, 3.63) is 70.2 Å². The first-order chi connectivity index (χ1) is 11.5. The van der Waals surface area contributed by atoms with E-state index in [1.165, 1.54) is 5.56 Å². The van der Waals surface area contributed by atoms with Crippen LogP contribution in [0, 0.1) is 0 Å². The first kappa shape index (κ1) is 18.0. The molecule has 2 rings (SSSR count). The summed E-state index contributed by atoms with van der Waals surface area (Å²) in [5, 5.41) is 9.59. The third-order valence-electron chi connectivity index (χ3n) is 3.82. The summed E-state index contributed by atoms with van der Waals surface area (Å²) in [4.78, 5) is 24.7. The summed E-state index contributed by atoms with van der Waals surface area (Å²) < 4.78 is 0. The van der Waals surface area contributed by atoms with Gasteiger partial charge in [0.1, 0.15) is 0 Å². The summed E-state index contributed by atoms with van der Waals surface area (Å²) in [5.74, 6) is -0.876. The predicted molar refractivity (Wildman–Crippen MR) is 94.3 cm³/mol. The van der Waals surface area contributed by atoms with Gasteiger partial charge in [0, 0.05) is 25.0 Å². The lowest BCUT2D eigenvalue weighted by Gasteiger charge is -2.17. The highest BCUT2D eigenvalue weighted by atomic mass is 35.5. The van der Waals surface area contributed by atoms with Crippen molar-refractivity contribution in [2.24, 2.45) is 0 Å². The molecular formula is C19H20ClNO3. The van der Waals surface area contributed by atoms with Gasteiger partial charge in [-0.25, -0.2) is 4.79 Å². The van der Waals surface area contributed by atoms with Crippen molar-refractivity contribution in [3.63, 3.8) is 0 Å². The van der Waals surface area contributed by atoms with E-state index in [1.54, 1.807) is 36.2 Å². The van der Waals surface area contributed by atoms with Crippen LogP contribution in [0.5, 0.6) is 0 Å². The fourth-order valence-corrected chi connectivity index (χ4v) is 2.53. The molecule has 2 aromatic carbocycles. The van der Waals surface area contributed by atoms with Crippen LogP contribution in [-0.4, -0.2) is 28.9 Å². The van der Waals surface area contributed by atoms with Gasteiger partial charge in [0.25, 0.3) is 0 Å². The summed E-state index contributed by atoms with van der Waals surface area (Å²) in [6.07, 6.45) is 2.10. The minimum Gasteiger partial charge on any atom is -0.478 e. The first-order valence-corrected chi connectivity index (χ1v) is 8.14. The topological polar surface area (TPSA) is 57.6 Å². The van der Waals surface area contributed by atoms with Crippen molar-refractivity contribution in [1.29, 1.82) is 0 Å². The molecule has 0 aliphatic heterocycles. The minimum atomic E-state index is -0.951. The number of halogens is 1. The van der Waals surface area contributed by atoms with E-state index in [2.05, 4.69) is 0 Å². The highest BCUT2D eigenvalue weighted by molar-refractivity contribution is 6.30. The van der Waals surface area contributed by atoms with Gasteiger partial charge in [-0.3, -0.25) is 4.79 Å². The lowest BCUT2D eigenvalue weighted by Crippen LogP contribution is -2.26. The average molecular weight is 346 g/mol. The first-order valence-electron chi connectivity index (χ1n) is 7.76. The Morgan fingerprint density at radius 3 is 2.17 bits per heavy atom. The molecule has 5 heteroatoms. The highest BCUT2D eigenvalue weighted by Gasteiger charge is 2.10. The van der Waals surface area contributed by atoms with Crippen molar-refractivity contribution in [2.75, 3.05) is 7.05 Å². The summed E-state index contributed by atoms with van der Waals surface area (Å²) in [7, 11) is 1.76. The van der Waals surface area contributed by atoms with E-state index in [1.807, 2.05) is 24.3 Å². The Balaban J connectivity index is 1.79. The van der Waals surface area contributed by atoms with Crippen LogP contribution in [-0.2, 0) is 17.8 Å². The molecular weight excluding hydrogens is 326 g/mol. The molecule has 0 atom stereocenters. The van der Waals surface area contributed by atoms with E-state index >= 15 is 0 Å². The number of aryl methyl sites for hydroxylation is 1. The molecule has 0 saturated heterocycles. The standard InChI is InChI=1S/C19H20ClNO3/c1-21(13-15-5-9-16(10-6-15)19(23)24)18(22)4-2-3-14-7-11-17(20)12-8-14/h5-12H,2-4,13H2,1H3,(H,23,24). The van der Waals surface area contributed by atoms with Crippen LogP contribution in [0.25, 0.3) is 0 Å². The maximum atomic E-state index is 12.2. The third kappa shape index (κ3) is 5.39. The molecule has 126 valence electrons. The van der Waals surface area contributed by atoms with E-state index in [4.69, 9.17) is 16.7 Å². The number of carbonyl (C=O) groups is 2. The second kappa shape index (κ2) is 8.50. The summed E-state index contributed by atoms with van der Waals surface area (Å²) in [5.41, 5.74) is 2.32. The smallest absolute Gasteiger partial charge is 0.335 e. The van der Waals surface area contributed by atoms with Gasteiger partial charge < -0.3 is 10.0 Å². The van der Waals surface area contributed by atoms with Gasteiger partial charge in [0.2, 0.25) is 5.91 Å². The number of aromatic carboxylic acids is 1. The zero-order valence-electron chi connectivity index (χ0n) is 13.5. The molecule has 0 fully saturated rings. The Morgan fingerprint density at radius 1 is 1.00 bits per heavy atom. The number of nitrogens with zero attached hydrogens (tertiary/aromatic N) is 1. The zero-order chi connectivity index (χ0) is 17.5. The molecule has 0 aliphatic rings. The number of rotatable bonds is 7. The number of amides is 1. The molecule has 0 saturated carbocycles. The fraction of sp³-hybridized carbons (Fsp3) is 0.263. The Kier molecular flexibility index (Phi) is 6.38.